The molecule has 0 heterocycles. The smallest absolute Gasteiger partial charge is 0.0918 e. The fraction of sp³-hybridized carbons (Fsp3) is 0.0714. The molecule has 2 aromatic rings. The minimum atomic E-state index is 0.860. The quantitative estimate of drug-likeness (QED) is 0.693. The Balaban J connectivity index is 2.41. The van der Waals surface area contributed by atoms with Gasteiger partial charge in [-0.05, 0) is 22.8 Å². The first-order valence-electron chi connectivity index (χ1n) is 5.24. The first-order chi connectivity index (χ1) is 7.90. The lowest BCUT2D eigenvalue weighted by Crippen LogP contribution is -1.96. The SMILES string of the molecule is N=C=NC1=CCc2cccc3cccc1c23. The number of hydrogen-bond donors (Lipinski definition) is 1. The molecule has 0 amide bonds. The zero-order chi connectivity index (χ0) is 11.0. The van der Waals surface area contributed by atoms with Crippen LogP contribution in [-0.4, -0.2) is 6.01 Å². The number of aliphatic imine (C=N–C) groups is 1. The van der Waals surface area contributed by atoms with Crippen molar-refractivity contribution in [3.8, 4) is 0 Å². The maximum Gasteiger partial charge on any atom is 0.0918 e. The van der Waals surface area contributed by atoms with Crippen molar-refractivity contribution in [1.82, 2.24) is 0 Å². The van der Waals surface area contributed by atoms with Gasteiger partial charge in [0.1, 0.15) is 0 Å². The van der Waals surface area contributed by atoms with Crippen LogP contribution in [0.15, 0.2) is 47.5 Å². The molecule has 0 spiro atoms. The van der Waals surface area contributed by atoms with Gasteiger partial charge in [-0.1, -0.05) is 42.5 Å². The van der Waals surface area contributed by atoms with E-state index < -0.39 is 0 Å². The van der Waals surface area contributed by atoms with Gasteiger partial charge in [0.25, 0.3) is 0 Å². The fourth-order valence-corrected chi connectivity index (χ4v) is 2.28. The number of nitrogens with zero attached hydrogens (tertiary/aromatic N) is 1. The van der Waals surface area contributed by atoms with Gasteiger partial charge in [0.15, 0.2) is 0 Å². The summed E-state index contributed by atoms with van der Waals surface area (Å²) in [5, 5.41) is 9.46. The molecule has 1 N–H and O–H groups in total. The molecule has 0 atom stereocenters. The first kappa shape index (κ1) is 9.08. The van der Waals surface area contributed by atoms with E-state index in [4.69, 9.17) is 5.41 Å². The van der Waals surface area contributed by atoms with Crippen molar-refractivity contribution in [1.29, 1.82) is 5.41 Å². The topological polar surface area (TPSA) is 36.2 Å². The zero-order valence-corrected chi connectivity index (χ0v) is 8.70. The van der Waals surface area contributed by atoms with Crippen LogP contribution < -0.4 is 0 Å². The van der Waals surface area contributed by atoms with E-state index in [9.17, 15) is 0 Å². The summed E-state index contributed by atoms with van der Waals surface area (Å²) in [6, 6.07) is 14.6. The second kappa shape index (κ2) is 3.44. The van der Waals surface area contributed by atoms with E-state index in [1.165, 1.54) is 16.3 Å². The normalized spacial score (nSPS) is 13.1. The van der Waals surface area contributed by atoms with Crippen LogP contribution in [0.4, 0.5) is 0 Å². The molecule has 16 heavy (non-hydrogen) atoms. The highest BCUT2D eigenvalue weighted by molar-refractivity contribution is 5.98. The van der Waals surface area contributed by atoms with E-state index in [2.05, 4.69) is 47.4 Å². The summed E-state index contributed by atoms with van der Waals surface area (Å²) in [6.07, 6.45) is 2.94. The van der Waals surface area contributed by atoms with Crippen LogP contribution in [0.25, 0.3) is 16.5 Å². The Bertz CT molecular complexity index is 642. The third-order valence-corrected chi connectivity index (χ3v) is 2.96. The van der Waals surface area contributed by atoms with E-state index >= 15 is 0 Å². The minimum absolute atomic E-state index is 0.860. The largest absolute Gasteiger partial charge is 0.241 e. The molecule has 76 valence electrons. The van der Waals surface area contributed by atoms with Gasteiger partial charge in [-0.3, -0.25) is 0 Å². The predicted octanol–water partition coefficient (Wildman–Crippen LogP) is 3.49. The highest BCUT2D eigenvalue weighted by Gasteiger charge is 2.13. The van der Waals surface area contributed by atoms with Crippen molar-refractivity contribution in [2.75, 3.05) is 0 Å². The molecule has 3 rings (SSSR count). The van der Waals surface area contributed by atoms with E-state index in [1.54, 1.807) is 0 Å². The molecular formula is C14H10N2. The lowest BCUT2D eigenvalue weighted by Gasteiger charge is -2.15. The Morgan fingerprint density at radius 1 is 1.12 bits per heavy atom. The second-order valence-electron chi connectivity index (χ2n) is 3.84. The van der Waals surface area contributed by atoms with Crippen LogP contribution in [0, 0.1) is 5.41 Å². The van der Waals surface area contributed by atoms with Gasteiger partial charge in [-0.25, -0.2) is 5.41 Å². The van der Waals surface area contributed by atoms with E-state index in [0.29, 0.717) is 0 Å². The van der Waals surface area contributed by atoms with Crippen molar-refractivity contribution in [2.45, 2.75) is 6.42 Å². The lowest BCUT2D eigenvalue weighted by atomic mass is 9.91. The molecule has 0 saturated heterocycles. The standard InChI is InChI=1S/C14H10N2/c15-9-16-13-8-7-11-4-1-3-10-5-2-6-12(13)14(10)11/h1-6,8,15H,7H2. The van der Waals surface area contributed by atoms with Gasteiger partial charge in [0.2, 0.25) is 0 Å². The average Bonchev–Trinajstić information content (AvgIpc) is 2.33. The van der Waals surface area contributed by atoms with Crippen molar-refractivity contribution in [3.63, 3.8) is 0 Å². The lowest BCUT2D eigenvalue weighted by molar-refractivity contribution is 1.26. The summed E-state index contributed by atoms with van der Waals surface area (Å²) < 4.78 is 0. The molecule has 0 bridgehead atoms. The van der Waals surface area contributed by atoms with Gasteiger partial charge < -0.3 is 0 Å². The third-order valence-electron chi connectivity index (χ3n) is 2.96. The first-order valence-corrected chi connectivity index (χ1v) is 5.24. The minimum Gasteiger partial charge on any atom is -0.241 e. The molecule has 0 aromatic heterocycles. The summed E-state index contributed by atoms with van der Waals surface area (Å²) in [5.41, 5.74) is 3.30. The summed E-state index contributed by atoms with van der Waals surface area (Å²) >= 11 is 0. The molecule has 2 aromatic carbocycles. The summed E-state index contributed by atoms with van der Waals surface area (Å²) in [7, 11) is 0. The Kier molecular flexibility index (Phi) is 1.95. The highest BCUT2D eigenvalue weighted by atomic mass is 14.7. The maximum atomic E-state index is 6.96. The van der Waals surface area contributed by atoms with Gasteiger partial charge in [-0.2, -0.15) is 4.99 Å². The van der Waals surface area contributed by atoms with E-state index in [-0.39, 0.29) is 0 Å². The molecule has 0 aliphatic heterocycles. The highest BCUT2D eigenvalue weighted by Crippen LogP contribution is 2.33. The summed E-state index contributed by atoms with van der Waals surface area (Å²) in [6.45, 7) is 0. The van der Waals surface area contributed by atoms with Crippen LogP contribution in [0.3, 0.4) is 0 Å². The molecule has 2 heteroatoms. The van der Waals surface area contributed by atoms with Crippen LogP contribution in [0.1, 0.15) is 11.1 Å². The molecule has 2 nitrogen and oxygen atoms in total. The van der Waals surface area contributed by atoms with Gasteiger partial charge in [-0.15, -0.1) is 0 Å². The molecule has 0 fully saturated rings. The third kappa shape index (κ3) is 1.21. The Morgan fingerprint density at radius 3 is 2.75 bits per heavy atom. The number of nitrogens with one attached hydrogen (secondary N) is 1. The predicted molar refractivity (Wildman–Crippen MR) is 65.8 cm³/mol. The van der Waals surface area contributed by atoms with Crippen LogP contribution >= 0.6 is 0 Å². The van der Waals surface area contributed by atoms with Crippen molar-refractivity contribution in [2.24, 2.45) is 4.99 Å². The van der Waals surface area contributed by atoms with Gasteiger partial charge >= 0.3 is 0 Å². The van der Waals surface area contributed by atoms with Crippen LogP contribution in [-0.2, 0) is 6.42 Å². The Labute approximate surface area is 93.5 Å². The second-order valence-corrected chi connectivity index (χ2v) is 3.84. The number of benzene rings is 2. The number of rotatable bonds is 1. The maximum absolute atomic E-state index is 6.96. The van der Waals surface area contributed by atoms with Crippen LogP contribution in [0.2, 0.25) is 0 Å². The zero-order valence-electron chi connectivity index (χ0n) is 8.70. The molecule has 0 radical (unpaired) electrons. The fourth-order valence-electron chi connectivity index (χ4n) is 2.28. The molecule has 1 aliphatic carbocycles. The van der Waals surface area contributed by atoms with Gasteiger partial charge in [0.05, 0.1) is 11.7 Å². The van der Waals surface area contributed by atoms with E-state index in [0.717, 1.165) is 17.7 Å². The van der Waals surface area contributed by atoms with Crippen LogP contribution in [0.5, 0.6) is 0 Å². The molecule has 0 saturated carbocycles. The van der Waals surface area contributed by atoms with Crippen molar-refractivity contribution in [3.05, 3.63) is 53.6 Å². The molecular weight excluding hydrogens is 196 g/mol. The molecule has 1 aliphatic rings. The average molecular weight is 206 g/mol. The van der Waals surface area contributed by atoms with Crippen molar-refractivity contribution < 1.29 is 0 Å². The summed E-state index contributed by atoms with van der Waals surface area (Å²) in [5.74, 6) is 0. The van der Waals surface area contributed by atoms with Crippen molar-refractivity contribution >= 4 is 22.5 Å². The Morgan fingerprint density at radius 2 is 1.94 bits per heavy atom. The Hall–Kier alpha value is -2.18. The monoisotopic (exact) mass is 206 g/mol. The summed E-state index contributed by atoms with van der Waals surface area (Å²) in [4.78, 5) is 3.99. The van der Waals surface area contributed by atoms with E-state index in [1.807, 2.05) is 6.07 Å². The molecule has 0 unspecified atom stereocenters. The number of hydrogen-bond acceptors (Lipinski definition) is 2. The number of allylic oxidation sites excluding steroid dienone is 1. The van der Waals surface area contributed by atoms with Gasteiger partial charge in [0, 0.05) is 5.56 Å².